The number of nitrogens with one attached hydrogen (secondary N) is 1. The lowest BCUT2D eigenvalue weighted by molar-refractivity contribution is -0.121. The topological polar surface area (TPSA) is 88.1 Å². The molecule has 0 heterocycles. The largest absolute Gasteiger partial charge is 0.497 e. The van der Waals surface area contributed by atoms with E-state index in [1.807, 2.05) is 0 Å². The predicted molar refractivity (Wildman–Crippen MR) is 124 cm³/mol. The van der Waals surface area contributed by atoms with Crippen LogP contribution in [0.1, 0.15) is 37.7 Å². The van der Waals surface area contributed by atoms with Crippen LogP contribution in [-0.4, -0.2) is 44.5 Å². The van der Waals surface area contributed by atoms with Crippen LogP contribution < -0.4 is 10.2 Å². The molecule has 0 aromatic heterocycles. The zero-order chi connectivity index (χ0) is 22.3. The summed E-state index contributed by atoms with van der Waals surface area (Å²) >= 11 is 3.33. The molecule has 2 aromatic rings. The molecule has 0 spiro atoms. The first-order chi connectivity index (χ1) is 14.9. The molecule has 0 bridgehead atoms. The summed E-state index contributed by atoms with van der Waals surface area (Å²) in [6.45, 7) is -0.275. The SMILES string of the molecule is COc1ccc(/C=N/NC(=O)CN(C2CCCCC2)S(=O)(=O)c2ccc(Br)cc2)cc1. The van der Waals surface area contributed by atoms with Gasteiger partial charge < -0.3 is 4.74 Å². The van der Waals surface area contributed by atoms with E-state index in [1.165, 1.54) is 10.5 Å². The molecule has 2 aromatic carbocycles. The van der Waals surface area contributed by atoms with Crippen LogP contribution in [0.15, 0.2) is 63.0 Å². The molecule has 3 rings (SSSR count). The number of halogens is 1. The second-order valence-corrected chi connectivity index (χ2v) is 10.2. The van der Waals surface area contributed by atoms with E-state index in [0.29, 0.717) is 0 Å². The number of carbonyl (C=O) groups is 1. The zero-order valence-corrected chi connectivity index (χ0v) is 19.7. The van der Waals surface area contributed by atoms with Crippen molar-refractivity contribution >= 4 is 38.1 Å². The number of hydrogen-bond donors (Lipinski definition) is 1. The summed E-state index contributed by atoms with van der Waals surface area (Å²) in [7, 11) is -2.22. The van der Waals surface area contributed by atoms with E-state index in [1.54, 1.807) is 55.6 Å². The van der Waals surface area contributed by atoms with Crippen LogP contribution in [0.25, 0.3) is 0 Å². The van der Waals surface area contributed by atoms with E-state index < -0.39 is 15.9 Å². The molecular formula is C22H26BrN3O4S. The molecule has 9 heteroatoms. The minimum atomic E-state index is -3.81. The van der Waals surface area contributed by atoms with Crippen molar-refractivity contribution in [2.45, 2.75) is 43.0 Å². The van der Waals surface area contributed by atoms with Gasteiger partial charge in [0.1, 0.15) is 5.75 Å². The van der Waals surface area contributed by atoms with Crippen molar-refractivity contribution in [1.82, 2.24) is 9.73 Å². The van der Waals surface area contributed by atoms with Gasteiger partial charge in [-0.15, -0.1) is 0 Å². The first-order valence-corrected chi connectivity index (χ1v) is 12.4. The molecule has 1 saturated carbocycles. The van der Waals surface area contributed by atoms with Gasteiger partial charge in [0.2, 0.25) is 10.0 Å². The lowest BCUT2D eigenvalue weighted by Gasteiger charge is -2.32. The Bertz CT molecular complexity index is 1000. The number of methoxy groups -OCH3 is 1. The normalized spacial score (nSPS) is 15.3. The monoisotopic (exact) mass is 507 g/mol. The molecule has 7 nitrogen and oxygen atoms in total. The van der Waals surface area contributed by atoms with Gasteiger partial charge in [-0.25, -0.2) is 13.8 Å². The fourth-order valence-electron chi connectivity index (χ4n) is 3.57. The number of sulfonamides is 1. The molecule has 0 aliphatic heterocycles. The average Bonchev–Trinajstić information content (AvgIpc) is 2.78. The Morgan fingerprint density at radius 3 is 2.39 bits per heavy atom. The summed E-state index contributed by atoms with van der Waals surface area (Å²) < 4.78 is 33.9. The first-order valence-electron chi connectivity index (χ1n) is 10.1. The van der Waals surface area contributed by atoms with Crippen LogP contribution in [-0.2, 0) is 14.8 Å². The Hall–Kier alpha value is -2.23. The van der Waals surface area contributed by atoms with Crippen molar-refractivity contribution in [1.29, 1.82) is 0 Å². The lowest BCUT2D eigenvalue weighted by Crippen LogP contribution is -2.46. The summed E-state index contributed by atoms with van der Waals surface area (Å²) in [5, 5.41) is 3.97. The van der Waals surface area contributed by atoms with Gasteiger partial charge >= 0.3 is 0 Å². The maximum absolute atomic E-state index is 13.3. The summed E-state index contributed by atoms with van der Waals surface area (Å²) in [4.78, 5) is 12.7. The quantitative estimate of drug-likeness (QED) is 0.433. The van der Waals surface area contributed by atoms with E-state index in [2.05, 4.69) is 26.5 Å². The highest BCUT2D eigenvalue weighted by Crippen LogP contribution is 2.28. The lowest BCUT2D eigenvalue weighted by atomic mass is 9.95. The van der Waals surface area contributed by atoms with E-state index in [4.69, 9.17) is 4.74 Å². The van der Waals surface area contributed by atoms with Gasteiger partial charge in [0.05, 0.1) is 24.8 Å². The minimum Gasteiger partial charge on any atom is -0.497 e. The molecule has 0 radical (unpaired) electrons. The fraction of sp³-hybridized carbons (Fsp3) is 0.364. The number of ether oxygens (including phenoxy) is 1. The molecule has 1 N–H and O–H groups in total. The Balaban J connectivity index is 1.72. The zero-order valence-electron chi connectivity index (χ0n) is 17.3. The number of rotatable bonds is 8. The third-order valence-corrected chi connectivity index (χ3v) is 7.66. The van der Waals surface area contributed by atoms with Gasteiger partial charge in [-0.3, -0.25) is 4.79 Å². The molecule has 1 aliphatic rings. The molecule has 166 valence electrons. The van der Waals surface area contributed by atoms with Crippen molar-refractivity contribution in [2.75, 3.05) is 13.7 Å². The van der Waals surface area contributed by atoms with Gasteiger partial charge in [0.25, 0.3) is 5.91 Å². The van der Waals surface area contributed by atoms with Crippen LogP contribution in [0, 0.1) is 0 Å². The van der Waals surface area contributed by atoms with Gasteiger partial charge in [-0.1, -0.05) is 35.2 Å². The number of amides is 1. The Kier molecular flexibility index (Phi) is 8.22. The van der Waals surface area contributed by atoms with Crippen molar-refractivity contribution < 1.29 is 17.9 Å². The first kappa shape index (κ1) is 23.4. The van der Waals surface area contributed by atoms with Gasteiger partial charge in [0.15, 0.2) is 0 Å². The fourth-order valence-corrected chi connectivity index (χ4v) is 5.47. The van der Waals surface area contributed by atoms with Crippen molar-refractivity contribution in [3.8, 4) is 5.75 Å². The van der Waals surface area contributed by atoms with Crippen LogP contribution in [0.5, 0.6) is 5.75 Å². The van der Waals surface area contributed by atoms with E-state index >= 15 is 0 Å². The number of benzene rings is 2. The molecule has 31 heavy (non-hydrogen) atoms. The van der Waals surface area contributed by atoms with E-state index in [0.717, 1.165) is 47.9 Å². The van der Waals surface area contributed by atoms with Crippen molar-refractivity contribution in [3.05, 3.63) is 58.6 Å². The molecular weight excluding hydrogens is 482 g/mol. The highest BCUT2D eigenvalue weighted by atomic mass is 79.9. The minimum absolute atomic E-state index is 0.177. The van der Waals surface area contributed by atoms with Crippen molar-refractivity contribution in [2.24, 2.45) is 5.10 Å². The molecule has 0 atom stereocenters. The average molecular weight is 508 g/mol. The van der Waals surface area contributed by atoms with Gasteiger partial charge in [-0.05, 0) is 66.9 Å². The number of nitrogens with zero attached hydrogens (tertiary/aromatic N) is 2. The molecule has 1 amide bonds. The highest BCUT2D eigenvalue weighted by molar-refractivity contribution is 9.10. The second kappa shape index (κ2) is 10.9. The van der Waals surface area contributed by atoms with Crippen molar-refractivity contribution in [3.63, 3.8) is 0 Å². The molecule has 1 aliphatic carbocycles. The standard InChI is InChI=1S/C22H26BrN3O4S/c1-30-20-11-7-17(8-12-20)15-24-25-22(27)16-26(19-5-3-2-4-6-19)31(28,29)21-13-9-18(23)10-14-21/h7-15,19H,2-6,16H2,1H3,(H,25,27)/b24-15+. The summed E-state index contributed by atoms with van der Waals surface area (Å²) in [5.74, 6) is 0.249. The highest BCUT2D eigenvalue weighted by Gasteiger charge is 2.33. The Morgan fingerprint density at radius 1 is 1.13 bits per heavy atom. The second-order valence-electron chi connectivity index (χ2n) is 7.36. The molecule has 0 unspecified atom stereocenters. The molecule has 0 saturated heterocycles. The van der Waals surface area contributed by atoms with Crippen LogP contribution in [0.2, 0.25) is 0 Å². The van der Waals surface area contributed by atoms with Crippen LogP contribution in [0.3, 0.4) is 0 Å². The summed E-state index contributed by atoms with van der Waals surface area (Å²) in [6.07, 6.45) is 5.99. The smallest absolute Gasteiger partial charge is 0.255 e. The number of hydrazone groups is 1. The Labute approximate surface area is 191 Å². The van der Waals surface area contributed by atoms with Crippen LogP contribution in [0.4, 0.5) is 0 Å². The molecule has 1 fully saturated rings. The maximum atomic E-state index is 13.3. The third-order valence-electron chi connectivity index (χ3n) is 5.22. The number of hydrogen-bond acceptors (Lipinski definition) is 5. The third kappa shape index (κ3) is 6.38. The number of carbonyl (C=O) groups excluding carboxylic acids is 1. The summed E-state index contributed by atoms with van der Waals surface area (Å²) in [6, 6.07) is 13.5. The Morgan fingerprint density at radius 2 is 1.77 bits per heavy atom. The van der Waals surface area contributed by atoms with Gasteiger partial charge in [0, 0.05) is 10.5 Å². The maximum Gasteiger partial charge on any atom is 0.255 e. The van der Waals surface area contributed by atoms with Crippen LogP contribution >= 0.6 is 15.9 Å². The van der Waals surface area contributed by atoms with E-state index in [-0.39, 0.29) is 17.5 Å². The van der Waals surface area contributed by atoms with Gasteiger partial charge in [-0.2, -0.15) is 9.41 Å². The summed E-state index contributed by atoms with van der Waals surface area (Å²) in [5.41, 5.74) is 3.23. The van der Waals surface area contributed by atoms with E-state index in [9.17, 15) is 13.2 Å². The predicted octanol–water partition coefficient (Wildman–Crippen LogP) is 3.93.